The van der Waals surface area contributed by atoms with Gasteiger partial charge in [-0.15, -0.1) is 0 Å². The fourth-order valence-corrected chi connectivity index (χ4v) is 2.99. The number of carboxylic acid groups (broad SMARTS) is 1. The number of aromatic carboxylic acids is 1. The van der Waals surface area contributed by atoms with Crippen molar-refractivity contribution in [3.05, 3.63) is 35.4 Å². The Balaban J connectivity index is 2.69. The number of carboxylic acids is 1. The van der Waals surface area contributed by atoms with Crippen LogP contribution in [0, 0.1) is 0 Å². The van der Waals surface area contributed by atoms with Gasteiger partial charge in [-0.3, -0.25) is 0 Å². The maximum Gasteiger partial charge on any atom is 0.335 e. The second-order valence-corrected chi connectivity index (χ2v) is 8.37. The number of carbonyl (C=O) groups is 1. The quantitative estimate of drug-likeness (QED) is 0.803. The summed E-state index contributed by atoms with van der Waals surface area (Å²) in [7, 11) is -3.42. The van der Waals surface area contributed by atoms with Crippen LogP contribution in [0.3, 0.4) is 0 Å². The van der Waals surface area contributed by atoms with Gasteiger partial charge in [0.1, 0.15) is 0 Å². The first-order valence-corrected chi connectivity index (χ1v) is 8.88. The monoisotopic (exact) mass is 317 g/mol. The van der Waals surface area contributed by atoms with Gasteiger partial charge in [-0.2, -0.15) is 11.8 Å². The summed E-state index contributed by atoms with van der Waals surface area (Å²) in [6.45, 7) is 4.27. The molecule has 0 radical (unpaired) electrons. The maximum absolute atomic E-state index is 11.9. The zero-order valence-electron chi connectivity index (χ0n) is 11.7. The van der Waals surface area contributed by atoms with E-state index in [9.17, 15) is 13.2 Å². The van der Waals surface area contributed by atoms with Crippen LogP contribution in [0.5, 0.6) is 0 Å². The second kappa shape index (κ2) is 6.60. The van der Waals surface area contributed by atoms with Crippen LogP contribution < -0.4 is 4.72 Å². The fourth-order valence-electron chi connectivity index (χ4n) is 1.37. The second-order valence-electron chi connectivity index (χ2n) is 5.05. The molecule has 0 saturated heterocycles. The van der Waals surface area contributed by atoms with Gasteiger partial charge in [0.2, 0.25) is 10.0 Å². The Kier molecular flexibility index (Phi) is 5.61. The number of thioether (sulfide) groups is 1. The SMILES string of the molecule is CSC(C)(C)CNS(=O)(=O)Cc1ccc(C(=O)O)cc1. The van der Waals surface area contributed by atoms with Crippen LogP contribution in [0.4, 0.5) is 0 Å². The number of benzene rings is 1. The normalized spacial score (nSPS) is 12.3. The van der Waals surface area contributed by atoms with Crippen LogP contribution in [-0.2, 0) is 15.8 Å². The Hall–Kier alpha value is -1.05. The van der Waals surface area contributed by atoms with Crippen molar-refractivity contribution in [3.8, 4) is 0 Å². The molecule has 5 nitrogen and oxygen atoms in total. The van der Waals surface area contributed by atoms with E-state index in [1.807, 2.05) is 20.1 Å². The van der Waals surface area contributed by atoms with Crippen molar-refractivity contribution in [3.63, 3.8) is 0 Å². The first-order chi connectivity index (χ1) is 9.15. The zero-order chi connectivity index (χ0) is 15.4. The highest BCUT2D eigenvalue weighted by Crippen LogP contribution is 2.20. The number of hydrogen-bond donors (Lipinski definition) is 2. The minimum absolute atomic E-state index is 0.141. The number of rotatable bonds is 7. The van der Waals surface area contributed by atoms with E-state index in [4.69, 9.17) is 5.11 Å². The Morgan fingerprint density at radius 3 is 2.30 bits per heavy atom. The molecular weight excluding hydrogens is 298 g/mol. The molecule has 0 unspecified atom stereocenters. The summed E-state index contributed by atoms with van der Waals surface area (Å²) in [5.41, 5.74) is 0.701. The Morgan fingerprint density at radius 1 is 1.30 bits per heavy atom. The molecule has 0 saturated carbocycles. The molecule has 20 heavy (non-hydrogen) atoms. The summed E-state index contributed by atoms with van der Waals surface area (Å²) < 4.78 is 26.3. The standard InChI is InChI=1S/C13H19NO4S2/c1-13(2,19-3)9-14-20(17,18)8-10-4-6-11(7-5-10)12(15)16/h4-7,14H,8-9H2,1-3H3,(H,15,16). The lowest BCUT2D eigenvalue weighted by atomic mass is 10.1. The zero-order valence-corrected chi connectivity index (χ0v) is 13.3. The molecule has 1 rings (SSSR count). The lowest BCUT2D eigenvalue weighted by molar-refractivity contribution is 0.0697. The van der Waals surface area contributed by atoms with Gasteiger partial charge >= 0.3 is 5.97 Å². The van der Waals surface area contributed by atoms with Gasteiger partial charge in [0.15, 0.2) is 0 Å². The van der Waals surface area contributed by atoms with Gasteiger partial charge in [-0.1, -0.05) is 12.1 Å². The number of nitrogens with one attached hydrogen (secondary N) is 1. The van der Waals surface area contributed by atoms with Gasteiger partial charge in [-0.05, 0) is 37.8 Å². The molecular formula is C13H19NO4S2. The van der Waals surface area contributed by atoms with E-state index >= 15 is 0 Å². The van der Waals surface area contributed by atoms with Gasteiger partial charge in [0.05, 0.1) is 11.3 Å². The van der Waals surface area contributed by atoms with Gasteiger partial charge < -0.3 is 5.11 Å². The van der Waals surface area contributed by atoms with Crippen molar-refractivity contribution in [2.24, 2.45) is 0 Å². The van der Waals surface area contributed by atoms with E-state index in [1.54, 1.807) is 11.8 Å². The molecule has 0 fully saturated rings. The summed E-state index contributed by atoms with van der Waals surface area (Å²) in [5, 5.41) is 8.78. The minimum atomic E-state index is -3.42. The lowest BCUT2D eigenvalue weighted by Crippen LogP contribution is -2.36. The van der Waals surface area contributed by atoms with Crippen LogP contribution in [0.2, 0.25) is 0 Å². The lowest BCUT2D eigenvalue weighted by Gasteiger charge is -2.22. The minimum Gasteiger partial charge on any atom is -0.478 e. The molecule has 1 aromatic carbocycles. The summed E-state index contributed by atoms with van der Waals surface area (Å²) in [6.07, 6.45) is 1.93. The number of sulfonamides is 1. The van der Waals surface area contributed by atoms with Gasteiger partial charge in [-0.25, -0.2) is 17.9 Å². The molecule has 0 amide bonds. The van der Waals surface area contributed by atoms with E-state index in [-0.39, 0.29) is 16.1 Å². The molecule has 0 spiro atoms. The fraction of sp³-hybridized carbons (Fsp3) is 0.462. The first-order valence-electron chi connectivity index (χ1n) is 6.00. The van der Waals surface area contributed by atoms with Crippen molar-refractivity contribution in [2.75, 3.05) is 12.8 Å². The average Bonchev–Trinajstić information content (AvgIpc) is 2.37. The van der Waals surface area contributed by atoms with Crippen LogP contribution in [0.25, 0.3) is 0 Å². The van der Waals surface area contributed by atoms with Crippen molar-refractivity contribution in [1.82, 2.24) is 4.72 Å². The van der Waals surface area contributed by atoms with Crippen molar-refractivity contribution >= 4 is 27.8 Å². The first kappa shape index (κ1) is 17.0. The Bertz CT molecular complexity index is 565. The summed E-state index contributed by atoms with van der Waals surface area (Å²) in [4.78, 5) is 10.7. The van der Waals surface area contributed by atoms with Gasteiger partial charge in [0.25, 0.3) is 0 Å². The van der Waals surface area contributed by atoms with E-state index in [2.05, 4.69) is 4.72 Å². The van der Waals surface area contributed by atoms with E-state index in [1.165, 1.54) is 24.3 Å². The molecule has 0 aliphatic heterocycles. The molecule has 1 aromatic rings. The van der Waals surface area contributed by atoms with Crippen molar-refractivity contribution in [1.29, 1.82) is 0 Å². The highest BCUT2D eigenvalue weighted by atomic mass is 32.2. The molecule has 0 aliphatic rings. The molecule has 7 heteroatoms. The van der Waals surface area contributed by atoms with E-state index in [0.717, 1.165) is 0 Å². The largest absolute Gasteiger partial charge is 0.478 e. The topological polar surface area (TPSA) is 83.5 Å². The number of hydrogen-bond acceptors (Lipinski definition) is 4. The smallest absolute Gasteiger partial charge is 0.335 e. The Morgan fingerprint density at radius 2 is 1.85 bits per heavy atom. The van der Waals surface area contributed by atoms with E-state index < -0.39 is 16.0 Å². The van der Waals surface area contributed by atoms with Gasteiger partial charge in [0, 0.05) is 11.3 Å². The van der Waals surface area contributed by atoms with E-state index in [0.29, 0.717) is 12.1 Å². The van der Waals surface area contributed by atoms with Crippen LogP contribution in [0.15, 0.2) is 24.3 Å². The predicted octanol–water partition coefficient (Wildman–Crippen LogP) is 1.95. The molecule has 112 valence electrons. The van der Waals surface area contributed by atoms with Crippen LogP contribution >= 0.6 is 11.8 Å². The predicted molar refractivity (Wildman–Crippen MR) is 81.6 cm³/mol. The highest BCUT2D eigenvalue weighted by molar-refractivity contribution is 8.00. The molecule has 0 aliphatic carbocycles. The molecule has 0 aromatic heterocycles. The average molecular weight is 317 g/mol. The highest BCUT2D eigenvalue weighted by Gasteiger charge is 2.20. The van der Waals surface area contributed by atoms with Crippen molar-refractivity contribution in [2.45, 2.75) is 24.3 Å². The maximum atomic E-state index is 11.9. The Labute approximate surface area is 123 Å². The third kappa shape index (κ3) is 5.52. The summed E-state index contributed by atoms with van der Waals surface area (Å²) in [6, 6.07) is 5.84. The molecule has 2 N–H and O–H groups in total. The third-order valence-electron chi connectivity index (χ3n) is 2.83. The van der Waals surface area contributed by atoms with Crippen LogP contribution in [-0.4, -0.2) is 37.0 Å². The molecule has 0 bridgehead atoms. The summed E-state index contributed by atoms with van der Waals surface area (Å²) >= 11 is 1.59. The van der Waals surface area contributed by atoms with Crippen LogP contribution in [0.1, 0.15) is 29.8 Å². The van der Waals surface area contributed by atoms with Crippen molar-refractivity contribution < 1.29 is 18.3 Å². The molecule has 0 heterocycles. The third-order valence-corrected chi connectivity index (χ3v) is 5.38. The summed E-state index contributed by atoms with van der Waals surface area (Å²) in [5.74, 6) is -1.18. The molecule has 0 atom stereocenters.